The van der Waals surface area contributed by atoms with Crippen molar-refractivity contribution in [2.45, 2.75) is 12.3 Å². The molecule has 0 spiro atoms. The molecule has 0 fully saturated rings. The maximum absolute atomic E-state index is 6.60. The molecule has 268 valence electrons. The first-order valence-corrected chi connectivity index (χ1v) is 19.5. The molecule has 4 nitrogen and oxygen atoms in total. The van der Waals surface area contributed by atoms with Crippen LogP contribution in [-0.4, -0.2) is 9.55 Å². The Morgan fingerprint density at radius 2 is 1.12 bits per heavy atom. The van der Waals surface area contributed by atoms with Crippen LogP contribution in [0.15, 0.2) is 191 Å². The molecule has 1 aliphatic rings. The molecule has 57 heavy (non-hydrogen) atoms. The third kappa shape index (κ3) is 5.11. The predicted molar refractivity (Wildman–Crippen MR) is 234 cm³/mol. The summed E-state index contributed by atoms with van der Waals surface area (Å²) in [7, 11) is 0. The van der Waals surface area contributed by atoms with Gasteiger partial charge in [0.05, 0.1) is 16.7 Å². The van der Waals surface area contributed by atoms with Gasteiger partial charge in [-0.25, -0.2) is 0 Å². The lowest BCUT2D eigenvalue weighted by molar-refractivity contribution is 0.588. The van der Waals surface area contributed by atoms with E-state index in [0.717, 1.165) is 90.0 Å². The number of para-hydroxylation sites is 3. The van der Waals surface area contributed by atoms with Crippen molar-refractivity contribution in [1.29, 1.82) is 0 Å². The number of hydrogen-bond acceptors (Lipinski definition) is 3. The van der Waals surface area contributed by atoms with Crippen LogP contribution in [0.3, 0.4) is 0 Å². The molecule has 4 heteroatoms. The van der Waals surface area contributed by atoms with Crippen LogP contribution < -0.4 is 0 Å². The second-order valence-electron chi connectivity index (χ2n) is 15.0. The van der Waals surface area contributed by atoms with Crippen molar-refractivity contribution in [3.05, 3.63) is 199 Å². The molecule has 0 amide bonds. The van der Waals surface area contributed by atoms with Crippen LogP contribution in [0, 0.1) is 0 Å². The number of benzene rings is 7. The Balaban J connectivity index is 1.01. The van der Waals surface area contributed by atoms with Gasteiger partial charge in [-0.3, -0.25) is 4.98 Å². The number of allylic oxidation sites excluding steroid dienone is 1. The van der Waals surface area contributed by atoms with Crippen molar-refractivity contribution >= 4 is 60.8 Å². The minimum absolute atomic E-state index is 0.00179. The largest absolute Gasteiger partial charge is 0.456 e. The average molecular weight is 731 g/mol. The molecule has 1 unspecified atom stereocenters. The number of pyridine rings is 1. The standard InChI is InChI=1S/C53H34N2O2/c1-3-12-33(13-4-1)45-29-37(36-23-26-42-41-17-8-10-20-49(41)57-52(42)32-36)30-46(54-45)43-18-11-21-51-53(43)44-28-34(24-27-50(44)56-51)35-22-25-40-39-16-7-9-19-47(39)55(48(40)31-35)38-14-5-2-6-15-38/h1-17,19-32,43H,18H2. The monoisotopic (exact) mass is 730 g/mol. The fourth-order valence-corrected chi connectivity index (χ4v) is 9.06. The smallest absolute Gasteiger partial charge is 0.136 e. The predicted octanol–water partition coefficient (Wildman–Crippen LogP) is 14.4. The van der Waals surface area contributed by atoms with Crippen molar-refractivity contribution < 1.29 is 8.83 Å². The highest BCUT2D eigenvalue weighted by atomic mass is 16.3. The van der Waals surface area contributed by atoms with E-state index in [2.05, 4.69) is 181 Å². The fraction of sp³-hybridized carbons (Fsp3) is 0.0377. The summed E-state index contributed by atoms with van der Waals surface area (Å²) in [5.41, 5.74) is 14.9. The zero-order valence-corrected chi connectivity index (χ0v) is 30.9. The maximum atomic E-state index is 6.60. The molecule has 0 N–H and O–H groups in total. The lowest BCUT2D eigenvalue weighted by Gasteiger charge is -2.20. The molecule has 7 aromatic carbocycles. The van der Waals surface area contributed by atoms with Crippen LogP contribution in [0.2, 0.25) is 0 Å². The van der Waals surface area contributed by atoms with Crippen LogP contribution in [0.5, 0.6) is 0 Å². The summed E-state index contributed by atoms with van der Waals surface area (Å²) in [4.78, 5) is 5.41. The molecular weight excluding hydrogens is 697 g/mol. The van der Waals surface area contributed by atoms with Crippen molar-refractivity contribution in [2.24, 2.45) is 0 Å². The average Bonchev–Trinajstić information content (AvgIpc) is 3.95. The first-order chi connectivity index (χ1) is 28.2. The fourth-order valence-electron chi connectivity index (χ4n) is 9.06. The highest BCUT2D eigenvalue weighted by Crippen LogP contribution is 2.44. The van der Waals surface area contributed by atoms with Gasteiger partial charge in [-0.1, -0.05) is 115 Å². The highest BCUT2D eigenvalue weighted by Gasteiger charge is 2.28. The zero-order chi connectivity index (χ0) is 37.5. The first-order valence-electron chi connectivity index (χ1n) is 19.5. The normalized spacial score (nSPS) is 14.0. The topological polar surface area (TPSA) is 44.1 Å². The summed E-state index contributed by atoms with van der Waals surface area (Å²) in [6, 6.07) is 62.6. The number of fused-ring (bicyclic) bond motifs is 9. The van der Waals surface area contributed by atoms with Gasteiger partial charge in [-0.05, 0) is 101 Å². The number of rotatable bonds is 5. The third-order valence-corrected chi connectivity index (χ3v) is 11.7. The van der Waals surface area contributed by atoms with E-state index in [1.54, 1.807) is 0 Å². The molecule has 0 aliphatic heterocycles. The highest BCUT2D eigenvalue weighted by molar-refractivity contribution is 6.10. The summed E-state index contributed by atoms with van der Waals surface area (Å²) in [6.07, 6.45) is 5.18. The number of furan rings is 2. The Morgan fingerprint density at radius 3 is 2.00 bits per heavy atom. The van der Waals surface area contributed by atoms with Crippen molar-refractivity contribution in [2.75, 3.05) is 0 Å². The molecule has 0 saturated carbocycles. The lowest BCUT2D eigenvalue weighted by atomic mass is 9.84. The van der Waals surface area contributed by atoms with Gasteiger partial charge < -0.3 is 13.4 Å². The summed E-state index contributed by atoms with van der Waals surface area (Å²) in [5, 5.41) is 5.86. The molecule has 1 aliphatic carbocycles. The van der Waals surface area contributed by atoms with Crippen LogP contribution >= 0.6 is 0 Å². The van der Waals surface area contributed by atoms with Crippen LogP contribution in [0.4, 0.5) is 0 Å². The van der Waals surface area contributed by atoms with Crippen LogP contribution in [0.1, 0.15) is 29.4 Å². The third-order valence-electron chi connectivity index (χ3n) is 11.7. The van der Waals surface area contributed by atoms with E-state index in [1.165, 1.54) is 27.4 Å². The molecule has 4 aromatic heterocycles. The summed E-state index contributed by atoms with van der Waals surface area (Å²) >= 11 is 0. The molecule has 0 bridgehead atoms. The van der Waals surface area contributed by atoms with Crippen LogP contribution in [0.25, 0.3) is 100.0 Å². The van der Waals surface area contributed by atoms with Gasteiger partial charge >= 0.3 is 0 Å². The SMILES string of the molecule is C1=Cc2oc3ccc(-c4ccc5c6ccccc6n(-c6ccccc6)c5c4)cc3c2C(c2cc(-c3ccc4c(c3)oc3ccccc34)cc(-c3ccccc3)n2)C1. The summed E-state index contributed by atoms with van der Waals surface area (Å²) in [5.74, 6) is 0.900. The quantitative estimate of drug-likeness (QED) is 0.177. The van der Waals surface area contributed by atoms with E-state index >= 15 is 0 Å². The summed E-state index contributed by atoms with van der Waals surface area (Å²) < 4.78 is 15.3. The van der Waals surface area contributed by atoms with E-state index < -0.39 is 0 Å². The second kappa shape index (κ2) is 12.6. The molecule has 11 aromatic rings. The Morgan fingerprint density at radius 1 is 0.456 bits per heavy atom. The first kappa shape index (κ1) is 31.9. The van der Waals surface area contributed by atoms with Gasteiger partial charge in [0.2, 0.25) is 0 Å². The molecule has 1 atom stereocenters. The number of nitrogens with zero attached hydrogens (tertiary/aromatic N) is 2. The van der Waals surface area contributed by atoms with Gasteiger partial charge in [0.25, 0.3) is 0 Å². The second-order valence-corrected chi connectivity index (χ2v) is 15.0. The van der Waals surface area contributed by atoms with Crippen molar-refractivity contribution in [3.8, 4) is 39.2 Å². The zero-order valence-electron chi connectivity index (χ0n) is 30.9. The maximum Gasteiger partial charge on any atom is 0.136 e. The Kier molecular flexibility index (Phi) is 7.02. The molecule has 0 radical (unpaired) electrons. The van der Waals surface area contributed by atoms with E-state index in [1.807, 2.05) is 12.1 Å². The number of aromatic nitrogens is 2. The molecule has 0 saturated heterocycles. The minimum Gasteiger partial charge on any atom is -0.456 e. The minimum atomic E-state index is 0.00179. The molecule has 4 heterocycles. The number of hydrogen-bond donors (Lipinski definition) is 0. The van der Waals surface area contributed by atoms with E-state index in [9.17, 15) is 0 Å². The lowest BCUT2D eigenvalue weighted by Crippen LogP contribution is -2.07. The van der Waals surface area contributed by atoms with Gasteiger partial charge in [0.15, 0.2) is 0 Å². The van der Waals surface area contributed by atoms with Crippen molar-refractivity contribution in [3.63, 3.8) is 0 Å². The van der Waals surface area contributed by atoms with Gasteiger partial charge in [-0.2, -0.15) is 0 Å². The van der Waals surface area contributed by atoms with Crippen molar-refractivity contribution in [1.82, 2.24) is 9.55 Å². The van der Waals surface area contributed by atoms with Gasteiger partial charge in [-0.15, -0.1) is 0 Å². The van der Waals surface area contributed by atoms with Crippen LogP contribution in [-0.2, 0) is 0 Å². The van der Waals surface area contributed by atoms with E-state index in [4.69, 9.17) is 13.8 Å². The van der Waals surface area contributed by atoms with E-state index in [0.29, 0.717) is 0 Å². The molecule has 12 rings (SSSR count). The molecular formula is C53H34N2O2. The van der Waals surface area contributed by atoms with Gasteiger partial charge in [0.1, 0.15) is 22.5 Å². The van der Waals surface area contributed by atoms with E-state index in [-0.39, 0.29) is 5.92 Å². The Labute approximate surface area is 328 Å². The Hall–Kier alpha value is -7.43. The van der Waals surface area contributed by atoms with Gasteiger partial charge in [0, 0.05) is 55.4 Å². The summed E-state index contributed by atoms with van der Waals surface area (Å²) in [6.45, 7) is 0. The Bertz CT molecular complexity index is 3380.